The second kappa shape index (κ2) is 7.04. The Balaban J connectivity index is 2.00. The van der Waals surface area contributed by atoms with Gasteiger partial charge in [0.2, 0.25) is 5.91 Å². The Labute approximate surface area is 169 Å². The molecular formula is C23H22N2O3S. The topological polar surface area (TPSA) is 82.2 Å². The first-order chi connectivity index (χ1) is 13.8. The Morgan fingerprint density at radius 2 is 1.72 bits per heavy atom. The van der Waals surface area contributed by atoms with E-state index in [1.165, 1.54) is 11.8 Å². The van der Waals surface area contributed by atoms with E-state index in [0.717, 1.165) is 33.8 Å². The summed E-state index contributed by atoms with van der Waals surface area (Å²) in [5.74, 6) is -0.465. The van der Waals surface area contributed by atoms with Crippen LogP contribution < -0.4 is 5.73 Å². The van der Waals surface area contributed by atoms with Gasteiger partial charge in [-0.1, -0.05) is 37.3 Å². The van der Waals surface area contributed by atoms with Gasteiger partial charge in [-0.15, -0.1) is 0 Å². The fourth-order valence-corrected chi connectivity index (χ4v) is 4.53. The standard InChI is InChI=1S/C23H22N2O3S/c1-3-15-10-11-18-21(13-15)25(20-9-5-8-19(22(18)20)23(24)26)14-16-6-4-7-17(12-16)29(2,27)28/h4-13H,3,14H2,1-2H3,(H2,24,26). The molecule has 0 saturated carbocycles. The maximum absolute atomic E-state index is 12.1. The molecule has 4 rings (SSSR count). The maximum atomic E-state index is 12.1. The van der Waals surface area contributed by atoms with Gasteiger partial charge < -0.3 is 10.3 Å². The molecule has 0 aliphatic carbocycles. The van der Waals surface area contributed by atoms with Gasteiger partial charge >= 0.3 is 0 Å². The van der Waals surface area contributed by atoms with Crippen molar-refractivity contribution in [2.75, 3.05) is 6.26 Å². The number of hydrogen-bond donors (Lipinski definition) is 1. The first-order valence-corrected chi connectivity index (χ1v) is 11.3. The lowest BCUT2D eigenvalue weighted by Gasteiger charge is -2.10. The van der Waals surface area contributed by atoms with Crippen LogP contribution in [-0.2, 0) is 22.8 Å². The summed E-state index contributed by atoms with van der Waals surface area (Å²) in [4.78, 5) is 12.3. The summed E-state index contributed by atoms with van der Waals surface area (Å²) in [7, 11) is -3.29. The Bertz CT molecular complexity index is 1370. The van der Waals surface area contributed by atoms with Crippen LogP contribution in [0.4, 0.5) is 0 Å². The van der Waals surface area contributed by atoms with Crippen molar-refractivity contribution in [3.63, 3.8) is 0 Å². The molecule has 6 heteroatoms. The number of carbonyl (C=O) groups excluding carboxylic acids is 1. The van der Waals surface area contributed by atoms with Crippen molar-refractivity contribution < 1.29 is 13.2 Å². The van der Waals surface area contributed by atoms with E-state index in [0.29, 0.717) is 17.0 Å². The van der Waals surface area contributed by atoms with Gasteiger partial charge in [0.25, 0.3) is 0 Å². The molecule has 5 nitrogen and oxygen atoms in total. The first-order valence-electron chi connectivity index (χ1n) is 9.42. The minimum Gasteiger partial charge on any atom is -0.366 e. The highest BCUT2D eigenvalue weighted by Crippen LogP contribution is 2.33. The summed E-state index contributed by atoms with van der Waals surface area (Å²) in [5.41, 5.74) is 10.1. The molecule has 0 aliphatic heterocycles. The van der Waals surface area contributed by atoms with E-state index in [-0.39, 0.29) is 0 Å². The summed E-state index contributed by atoms with van der Waals surface area (Å²) in [6, 6.07) is 18.7. The van der Waals surface area contributed by atoms with E-state index in [9.17, 15) is 13.2 Å². The van der Waals surface area contributed by atoms with E-state index >= 15 is 0 Å². The molecule has 0 unspecified atom stereocenters. The molecule has 0 fully saturated rings. The lowest BCUT2D eigenvalue weighted by molar-refractivity contribution is 0.100. The van der Waals surface area contributed by atoms with Crippen LogP contribution in [0.15, 0.2) is 65.6 Å². The third-order valence-corrected chi connectivity index (χ3v) is 6.41. The number of amides is 1. The molecule has 148 valence electrons. The summed E-state index contributed by atoms with van der Waals surface area (Å²) < 4.78 is 26.0. The van der Waals surface area contributed by atoms with E-state index in [2.05, 4.69) is 23.6 Å². The van der Waals surface area contributed by atoms with Gasteiger partial charge in [0.05, 0.1) is 10.4 Å². The van der Waals surface area contributed by atoms with Gasteiger partial charge in [0.15, 0.2) is 9.84 Å². The molecule has 3 aromatic carbocycles. The van der Waals surface area contributed by atoms with Crippen LogP contribution in [0.5, 0.6) is 0 Å². The number of carbonyl (C=O) groups is 1. The molecule has 1 amide bonds. The molecule has 0 aliphatic rings. The average molecular weight is 407 g/mol. The predicted molar refractivity (Wildman–Crippen MR) is 116 cm³/mol. The fraction of sp³-hybridized carbons (Fsp3) is 0.174. The zero-order valence-corrected chi connectivity index (χ0v) is 17.2. The SMILES string of the molecule is CCc1ccc2c3c(C(N)=O)cccc3n(Cc3cccc(S(C)(=O)=O)c3)c2c1. The lowest BCUT2D eigenvalue weighted by atomic mass is 10.0. The number of hydrogen-bond acceptors (Lipinski definition) is 3. The number of rotatable bonds is 5. The van der Waals surface area contributed by atoms with Crippen LogP contribution >= 0.6 is 0 Å². The Morgan fingerprint density at radius 1 is 0.966 bits per heavy atom. The fourth-order valence-electron chi connectivity index (χ4n) is 3.84. The smallest absolute Gasteiger partial charge is 0.249 e. The number of aryl methyl sites for hydroxylation is 1. The van der Waals surface area contributed by atoms with Gasteiger partial charge in [-0.3, -0.25) is 4.79 Å². The van der Waals surface area contributed by atoms with Crippen LogP contribution in [0.3, 0.4) is 0 Å². The molecule has 0 bridgehead atoms. The predicted octanol–water partition coefficient (Wildman–Crippen LogP) is 3.91. The van der Waals surface area contributed by atoms with Gasteiger partial charge in [-0.25, -0.2) is 8.42 Å². The van der Waals surface area contributed by atoms with Crippen molar-refractivity contribution in [1.82, 2.24) is 4.57 Å². The number of benzene rings is 3. The van der Waals surface area contributed by atoms with Gasteiger partial charge in [-0.2, -0.15) is 0 Å². The quantitative estimate of drug-likeness (QED) is 0.546. The lowest BCUT2D eigenvalue weighted by Crippen LogP contribution is -2.11. The third-order valence-electron chi connectivity index (χ3n) is 5.30. The highest BCUT2D eigenvalue weighted by atomic mass is 32.2. The maximum Gasteiger partial charge on any atom is 0.249 e. The first kappa shape index (κ1) is 19.2. The Hall–Kier alpha value is -3.12. The molecule has 1 heterocycles. The van der Waals surface area contributed by atoms with E-state index in [1.807, 2.05) is 24.3 Å². The summed E-state index contributed by atoms with van der Waals surface area (Å²) in [6.07, 6.45) is 2.10. The minimum atomic E-state index is -3.29. The monoisotopic (exact) mass is 406 g/mol. The van der Waals surface area contributed by atoms with Crippen LogP contribution in [0, 0.1) is 0 Å². The number of nitrogens with two attached hydrogens (primary N) is 1. The molecule has 29 heavy (non-hydrogen) atoms. The molecule has 0 saturated heterocycles. The molecule has 0 spiro atoms. The summed E-state index contributed by atoms with van der Waals surface area (Å²) >= 11 is 0. The van der Waals surface area contributed by atoms with Crippen LogP contribution in [-0.4, -0.2) is 25.1 Å². The van der Waals surface area contributed by atoms with Crippen LogP contribution in [0.2, 0.25) is 0 Å². The Kier molecular flexibility index (Phi) is 4.67. The summed E-state index contributed by atoms with van der Waals surface area (Å²) in [6.45, 7) is 2.58. The molecule has 2 N–H and O–H groups in total. The van der Waals surface area contributed by atoms with Gasteiger partial charge in [-0.05, 0) is 47.9 Å². The highest BCUT2D eigenvalue weighted by molar-refractivity contribution is 7.90. The largest absolute Gasteiger partial charge is 0.366 e. The second-order valence-corrected chi connectivity index (χ2v) is 9.29. The van der Waals surface area contributed by atoms with Crippen molar-refractivity contribution >= 4 is 37.6 Å². The van der Waals surface area contributed by atoms with Crippen molar-refractivity contribution in [3.05, 3.63) is 77.4 Å². The zero-order valence-electron chi connectivity index (χ0n) is 16.3. The number of primary amides is 1. The minimum absolute atomic E-state index is 0.294. The Morgan fingerprint density at radius 3 is 2.41 bits per heavy atom. The van der Waals surface area contributed by atoms with Crippen LogP contribution in [0.25, 0.3) is 21.8 Å². The van der Waals surface area contributed by atoms with Crippen molar-refractivity contribution in [2.24, 2.45) is 5.73 Å². The number of nitrogens with zero attached hydrogens (tertiary/aromatic N) is 1. The zero-order chi connectivity index (χ0) is 20.8. The molecule has 0 atom stereocenters. The number of aromatic nitrogens is 1. The molecule has 1 aromatic heterocycles. The van der Waals surface area contributed by atoms with Crippen molar-refractivity contribution in [2.45, 2.75) is 24.8 Å². The number of fused-ring (bicyclic) bond motifs is 3. The van der Waals surface area contributed by atoms with Crippen LogP contribution in [0.1, 0.15) is 28.4 Å². The molecule has 0 radical (unpaired) electrons. The highest BCUT2D eigenvalue weighted by Gasteiger charge is 2.17. The van der Waals surface area contributed by atoms with Gasteiger partial charge in [0, 0.05) is 34.7 Å². The van der Waals surface area contributed by atoms with Crippen molar-refractivity contribution in [3.8, 4) is 0 Å². The second-order valence-electron chi connectivity index (χ2n) is 7.27. The summed E-state index contributed by atoms with van der Waals surface area (Å²) in [5, 5.41) is 1.79. The number of sulfone groups is 1. The van der Waals surface area contributed by atoms with Crippen molar-refractivity contribution in [1.29, 1.82) is 0 Å². The third kappa shape index (κ3) is 3.40. The molecule has 4 aromatic rings. The molecular weight excluding hydrogens is 384 g/mol. The van der Waals surface area contributed by atoms with E-state index < -0.39 is 15.7 Å². The normalized spacial score (nSPS) is 11.9. The average Bonchev–Trinajstić information content (AvgIpc) is 3.00. The van der Waals surface area contributed by atoms with E-state index in [4.69, 9.17) is 5.73 Å². The van der Waals surface area contributed by atoms with Gasteiger partial charge in [0.1, 0.15) is 0 Å². The van der Waals surface area contributed by atoms with E-state index in [1.54, 1.807) is 24.3 Å².